The minimum atomic E-state index is -0.0591. The fraction of sp³-hybridized carbons (Fsp3) is 0.125. The highest BCUT2D eigenvalue weighted by molar-refractivity contribution is 7.98. The largest absolute Gasteiger partial charge is 0.326 e. The van der Waals surface area contributed by atoms with Gasteiger partial charge in [-0.15, -0.1) is 11.3 Å². The lowest BCUT2D eigenvalue weighted by atomic mass is 10.3. The van der Waals surface area contributed by atoms with E-state index in [1.54, 1.807) is 18.5 Å². The molecule has 5 nitrogen and oxygen atoms in total. The number of carbonyl (C=O) groups excluding carboxylic acids is 1. The van der Waals surface area contributed by atoms with Crippen molar-refractivity contribution in [1.29, 1.82) is 0 Å². The molecule has 116 valence electrons. The van der Waals surface area contributed by atoms with E-state index in [4.69, 9.17) is 0 Å². The number of nitrogens with one attached hydrogen (secondary N) is 1. The van der Waals surface area contributed by atoms with Crippen molar-refractivity contribution in [2.45, 2.75) is 17.3 Å². The fourth-order valence-electron chi connectivity index (χ4n) is 1.86. The Morgan fingerprint density at radius 3 is 2.70 bits per heavy atom. The van der Waals surface area contributed by atoms with Crippen molar-refractivity contribution in [3.63, 3.8) is 0 Å². The van der Waals surface area contributed by atoms with Crippen LogP contribution in [0.5, 0.6) is 0 Å². The van der Waals surface area contributed by atoms with Gasteiger partial charge in [-0.2, -0.15) is 0 Å². The number of hydrogen-bond acceptors (Lipinski definition) is 6. The maximum absolute atomic E-state index is 12.0. The second-order valence-electron chi connectivity index (χ2n) is 4.64. The molecule has 0 fully saturated rings. The highest BCUT2D eigenvalue weighted by Crippen LogP contribution is 2.20. The van der Waals surface area contributed by atoms with Crippen LogP contribution in [0, 0.1) is 0 Å². The molecule has 7 heteroatoms. The predicted octanol–water partition coefficient (Wildman–Crippen LogP) is 3.41. The molecule has 0 aliphatic rings. The van der Waals surface area contributed by atoms with Crippen molar-refractivity contribution < 1.29 is 4.79 Å². The van der Waals surface area contributed by atoms with Gasteiger partial charge in [0.05, 0.1) is 12.1 Å². The predicted molar refractivity (Wildman–Crippen MR) is 92.5 cm³/mol. The van der Waals surface area contributed by atoms with E-state index in [1.165, 1.54) is 23.1 Å². The Labute approximate surface area is 142 Å². The average Bonchev–Trinajstić information content (AvgIpc) is 3.02. The lowest BCUT2D eigenvalue weighted by Crippen LogP contribution is -2.14. The van der Waals surface area contributed by atoms with Gasteiger partial charge in [-0.25, -0.2) is 15.0 Å². The van der Waals surface area contributed by atoms with Gasteiger partial charge in [0.15, 0.2) is 5.16 Å². The zero-order valence-electron chi connectivity index (χ0n) is 12.2. The first-order chi connectivity index (χ1) is 11.3. The number of thioether (sulfide) groups is 1. The van der Waals surface area contributed by atoms with E-state index in [1.807, 2.05) is 35.7 Å². The number of anilines is 1. The quantitative estimate of drug-likeness (QED) is 0.549. The minimum Gasteiger partial charge on any atom is -0.326 e. The molecule has 1 N–H and O–H groups in total. The summed E-state index contributed by atoms with van der Waals surface area (Å²) in [6.45, 7) is 0. The van der Waals surface area contributed by atoms with Crippen LogP contribution in [-0.4, -0.2) is 20.9 Å². The summed E-state index contributed by atoms with van der Waals surface area (Å²) in [6.07, 6.45) is 3.72. The standard InChI is InChI=1S/C16H14N4OS2/c21-14(19-12-5-2-1-3-6-12)9-15-20-13(10-22-15)11-23-16-17-7-4-8-18-16/h1-8,10H,9,11H2,(H,19,21). The van der Waals surface area contributed by atoms with Gasteiger partial charge in [-0.3, -0.25) is 4.79 Å². The average molecular weight is 342 g/mol. The molecular formula is C16H14N4OS2. The van der Waals surface area contributed by atoms with Gasteiger partial charge in [-0.05, 0) is 18.2 Å². The minimum absolute atomic E-state index is 0.0591. The van der Waals surface area contributed by atoms with Crippen molar-refractivity contribution in [2.75, 3.05) is 5.32 Å². The van der Waals surface area contributed by atoms with Gasteiger partial charge in [0.1, 0.15) is 5.01 Å². The van der Waals surface area contributed by atoms with Crippen LogP contribution in [-0.2, 0) is 17.0 Å². The van der Waals surface area contributed by atoms with Gasteiger partial charge in [-0.1, -0.05) is 30.0 Å². The van der Waals surface area contributed by atoms with Crippen LogP contribution in [0.2, 0.25) is 0 Å². The second kappa shape index (κ2) is 7.85. The Bertz CT molecular complexity index is 762. The van der Waals surface area contributed by atoms with E-state index in [-0.39, 0.29) is 12.3 Å². The molecule has 0 spiro atoms. The lowest BCUT2D eigenvalue weighted by Gasteiger charge is -2.02. The maximum atomic E-state index is 12.0. The van der Waals surface area contributed by atoms with Crippen molar-refractivity contribution in [1.82, 2.24) is 15.0 Å². The van der Waals surface area contributed by atoms with Crippen LogP contribution in [0.3, 0.4) is 0 Å². The number of benzene rings is 1. The molecule has 0 aliphatic heterocycles. The smallest absolute Gasteiger partial charge is 0.231 e. The van der Waals surface area contributed by atoms with Crippen LogP contribution < -0.4 is 5.32 Å². The van der Waals surface area contributed by atoms with Crippen LogP contribution in [0.25, 0.3) is 0 Å². The highest BCUT2D eigenvalue weighted by atomic mass is 32.2. The molecule has 3 rings (SSSR count). The van der Waals surface area contributed by atoms with E-state index >= 15 is 0 Å². The normalized spacial score (nSPS) is 10.4. The first-order valence-corrected chi connectivity index (χ1v) is 8.84. The zero-order chi connectivity index (χ0) is 15.9. The number of rotatable bonds is 6. The summed E-state index contributed by atoms with van der Waals surface area (Å²) in [6, 6.07) is 11.2. The summed E-state index contributed by atoms with van der Waals surface area (Å²) in [5.41, 5.74) is 1.74. The molecule has 23 heavy (non-hydrogen) atoms. The van der Waals surface area contributed by atoms with Crippen LogP contribution in [0.4, 0.5) is 5.69 Å². The molecular weight excluding hydrogens is 328 g/mol. The van der Waals surface area contributed by atoms with Gasteiger partial charge < -0.3 is 5.32 Å². The molecule has 2 aromatic heterocycles. The summed E-state index contributed by atoms with van der Waals surface area (Å²) in [4.78, 5) is 24.8. The molecule has 1 aromatic carbocycles. The maximum Gasteiger partial charge on any atom is 0.231 e. The van der Waals surface area contributed by atoms with E-state index in [0.717, 1.165) is 21.5 Å². The first-order valence-electron chi connectivity index (χ1n) is 6.97. The first kappa shape index (κ1) is 15.6. The van der Waals surface area contributed by atoms with Crippen molar-refractivity contribution in [3.05, 3.63) is 64.9 Å². The summed E-state index contributed by atoms with van der Waals surface area (Å²) in [7, 11) is 0. The molecule has 0 bridgehead atoms. The third kappa shape index (κ3) is 4.87. The van der Waals surface area contributed by atoms with Gasteiger partial charge >= 0.3 is 0 Å². The molecule has 2 heterocycles. The number of thiazole rings is 1. The Balaban J connectivity index is 1.52. The molecule has 3 aromatic rings. The number of amides is 1. The summed E-state index contributed by atoms with van der Waals surface area (Å²) in [5, 5.41) is 6.37. The van der Waals surface area contributed by atoms with E-state index in [0.29, 0.717) is 5.75 Å². The summed E-state index contributed by atoms with van der Waals surface area (Å²) < 4.78 is 0. The molecule has 0 aliphatic carbocycles. The monoisotopic (exact) mass is 342 g/mol. The third-order valence-electron chi connectivity index (χ3n) is 2.86. The molecule has 0 unspecified atom stereocenters. The number of carbonyl (C=O) groups is 1. The SMILES string of the molecule is O=C(Cc1nc(CSc2ncccn2)cs1)Nc1ccccc1. The second-order valence-corrected chi connectivity index (χ2v) is 6.53. The Morgan fingerprint density at radius 1 is 1.13 bits per heavy atom. The Kier molecular flexibility index (Phi) is 5.33. The van der Waals surface area contributed by atoms with Crippen molar-refractivity contribution >= 4 is 34.7 Å². The molecule has 0 saturated heterocycles. The summed E-state index contributed by atoms with van der Waals surface area (Å²) in [5.74, 6) is 0.636. The molecule has 0 atom stereocenters. The molecule has 0 saturated carbocycles. The van der Waals surface area contributed by atoms with E-state index < -0.39 is 0 Å². The Hall–Kier alpha value is -2.25. The van der Waals surface area contributed by atoms with Crippen LogP contribution in [0.1, 0.15) is 10.7 Å². The highest BCUT2D eigenvalue weighted by Gasteiger charge is 2.09. The molecule has 0 radical (unpaired) electrons. The molecule has 1 amide bonds. The number of hydrogen-bond donors (Lipinski definition) is 1. The number of para-hydroxylation sites is 1. The zero-order valence-corrected chi connectivity index (χ0v) is 13.8. The van der Waals surface area contributed by atoms with Gasteiger partial charge in [0, 0.05) is 29.2 Å². The summed E-state index contributed by atoms with van der Waals surface area (Å²) >= 11 is 3.03. The van der Waals surface area contributed by atoms with E-state index in [9.17, 15) is 4.79 Å². The third-order valence-corrected chi connectivity index (χ3v) is 4.67. The number of aromatic nitrogens is 3. The van der Waals surface area contributed by atoms with Crippen molar-refractivity contribution in [3.8, 4) is 0 Å². The van der Waals surface area contributed by atoms with Gasteiger partial charge in [0.2, 0.25) is 5.91 Å². The fourth-order valence-corrected chi connectivity index (χ4v) is 3.45. The van der Waals surface area contributed by atoms with Gasteiger partial charge in [0.25, 0.3) is 0 Å². The Morgan fingerprint density at radius 2 is 1.91 bits per heavy atom. The topological polar surface area (TPSA) is 67.8 Å². The van der Waals surface area contributed by atoms with E-state index in [2.05, 4.69) is 20.3 Å². The lowest BCUT2D eigenvalue weighted by molar-refractivity contribution is -0.115. The van der Waals surface area contributed by atoms with Crippen LogP contribution in [0.15, 0.2) is 59.3 Å². The van der Waals surface area contributed by atoms with Crippen molar-refractivity contribution in [2.24, 2.45) is 0 Å². The number of nitrogens with zero attached hydrogens (tertiary/aromatic N) is 3. The van der Waals surface area contributed by atoms with Crippen LogP contribution >= 0.6 is 23.1 Å².